The number of esters is 1. The zero-order chi connectivity index (χ0) is 20.4. The molecule has 1 amide bonds. The largest absolute Gasteiger partial charge is 0.451 e. The van der Waals surface area contributed by atoms with Gasteiger partial charge in [0.25, 0.3) is 5.91 Å². The molecule has 9 heteroatoms. The maximum Gasteiger partial charge on any atom is 0.361 e. The predicted octanol–water partition coefficient (Wildman–Crippen LogP) is 4.19. The summed E-state index contributed by atoms with van der Waals surface area (Å²) < 4.78 is 24.4. The molecule has 4 aromatic rings. The summed E-state index contributed by atoms with van der Waals surface area (Å²) >= 11 is 1.12. The van der Waals surface area contributed by atoms with Gasteiger partial charge in [0.2, 0.25) is 5.89 Å². The van der Waals surface area contributed by atoms with Gasteiger partial charge in [0, 0.05) is 5.56 Å². The number of hydrogen-bond donors (Lipinski definition) is 1. The number of thiazole rings is 1. The fourth-order valence-corrected chi connectivity index (χ4v) is 3.50. The number of nitrogens with one attached hydrogen (secondary N) is 1. The Kier molecular flexibility index (Phi) is 5.05. The molecule has 0 unspecified atom stereocenters. The Hall–Kier alpha value is -3.59. The number of fused-ring (bicyclic) bond motifs is 1. The first-order valence-corrected chi connectivity index (χ1v) is 9.37. The number of carbonyl (C=O) groups is 2. The normalized spacial score (nSPS) is 10.8. The number of aryl methyl sites for hydroxylation is 1. The first kappa shape index (κ1) is 18.8. The molecule has 2 heterocycles. The van der Waals surface area contributed by atoms with Crippen LogP contribution in [0.2, 0.25) is 0 Å². The van der Waals surface area contributed by atoms with Crippen molar-refractivity contribution in [3.63, 3.8) is 0 Å². The second-order valence-corrected chi connectivity index (χ2v) is 7.08. The molecule has 0 fully saturated rings. The van der Waals surface area contributed by atoms with Gasteiger partial charge in [0.15, 0.2) is 17.4 Å². The van der Waals surface area contributed by atoms with Gasteiger partial charge in [-0.15, -0.1) is 0 Å². The molecule has 29 heavy (non-hydrogen) atoms. The minimum atomic E-state index is -0.769. The SMILES string of the molecule is Cc1oc(-c2ccccc2)nc1C(=O)OCC(=O)Nc1nc2ccc(F)cc2s1. The third-order valence-electron chi connectivity index (χ3n) is 3.94. The smallest absolute Gasteiger partial charge is 0.361 e. The fraction of sp³-hybridized carbons (Fsp3) is 0.100. The van der Waals surface area contributed by atoms with Crippen molar-refractivity contribution >= 4 is 38.6 Å². The number of rotatable bonds is 5. The van der Waals surface area contributed by atoms with Crippen LogP contribution in [0.25, 0.3) is 21.7 Å². The van der Waals surface area contributed by atoms with Crippen molar-refractivity contribution in [1.29, 1.82) is 0 Å². The van der Waals surface area contributed by atoms with E-state index in [1.807, 2.05) is 18.2 Å². The van der Waals surface area contributed by atoms with Crippen LogP contribution in [0.3, 0.4) is 0 Å². The fourth-order valence-electron chi connectivity index (χ4n) is 2.60. The molecule has 0 atom stereocenters. The summed E-state index contributed by atoms with van der Waals surface area (Å²) in [6, 6.07) is 13.3. The Morgan fingerprint density at radius 2 is 1.97 bits per heavy atom. The monoisotopic (exact) mass is 411 g/mol. The summed E-state index contributed by atoms with van der Waals surface area (Å²) in [7, 11) is 0. The average Bonchev–Trinajstić information content (AvgIpc) is 3.29. The molecule has 7 nitrogen and oxygen atoms in total. The van der Waals surface area contributed by atoms with Gasteiger partial charge >= 0.3 is 5.97 Å². The molecule has 0 aliphatic rings. The van der Waals surface area contributed by atoms with Crippen LogP contribution < -0.4 is 5.32 Å². The number of ether oxygens (including phenoxy) is 1. The molecule has 2 aromatic heterocycles. The van der Waals surface area contributed by atoms with Crippen LogP contribution in [-0.4, -0.2) is 28.5 Å². The van der Waals surface area contributed by atoms with Gasteiger partial charge in [-0.25, -0.2) is 19.2 Å². The molecule has 1 N–H and O–H groups in total. The number of hydrogen-bond acceptors (Lipinski definition) is 7. The minimum Gasteiger partial charge on any atom is -0.451 e. The summed E-state index contributed by atoms with van der Waals surface area (Å²) in [4.78, 5) is 32.7. The van der Waals surface area contributed by atoms with Crippen LogP contribution in [0, 0.1) is 12.7 Å². The van der Waals surface area contributed by atoms with Crippen molar-refractivity contribution in [2.24, 2.45) is 0 Å². The number of carbonyl (C=O) groups excluding carboxylic acids is 2. The number of amides is 1. The molecular formula is C20H14FN3O4S. The third kappa shape index (κ3) is 4.14. The van der Waals surface area contributed by atoms with Gasteiger partial charge in [-0.3, -0.25) is 10.1 Å². The molecule has 0 saturated carbocycles. The van der Waals surface area contributed by atoms with Crippen molar-refractivity contribution in [2.45, 2.75) is 6.92 Å². The Bertz CT molecular complexity index is 1200. The summed E-state index contributed by atoms with van der Waals surface area (Å²) in [5.74, 6) is -1.13. The van der Waals surface area contributed by atoms with E-state index < -0.39 is 18.5 Å². The lowest BCUT2D eigenvalue weighted by atomic mass is 10.2. The molecule has 0 radical (unpaired) electrons. The van der Waals surface area contributed by atoms with E-state index in [-0.39, 0.29) is 16.6 Å². The van der Waals surface area contributed by atoms with E-state index >= 15 is 0 Å². The second-order valence-electron chi connectivity index (χ2n) is 6.05. The number of benzene rings is 2. The Balaban J connectivity index is 1.39. The Labute approximate surface area is 168 Å². The van der Waals surface area contributed by atoms with Crippen molar-refractivity contribution < 1.29 is 23.1 Å². The minimum absolute atomic E-state index is 0.00659. The van der Waals surface area contributed by atoms with E-state index in [4.69, 9.17) is 9.15 Å². The maximum atomic E-state index is 13.2. The number of anilines is 1. The summed E-state index contributed by atoms with van der Waals surface area (Å²) in [5, 5.41) is 2.82. The molecule has 2 aromatic carbocycles. The number of halogens is 1. The summed E-state index contributed by atoms with van der Waals surface area (Å²) in [6.07, 6.45) is 0. The highest BCUT2D eigenvalue weighted by molar-refractivity contribution is 7.22. The third-order valence-corrected chi connectivity index (χ3v) is 4.88. The summed E-state index contributed by atoms with van der Waals surface area (Å²) in [5.41, 5.74) is 1.29. The Morgan fingerprint density at radius 1 is 1.17 bits per heavy atom. The van der Waals surface area contributed by atoms with Gasteiger partial charge in [-0.2, -0.15) is 0 Å². The van der Waals surface area contributed by atoms with E-state index in [0.717, 1.165) is 16.9 Å². The van der Waals surface area contributed by atoms with E-state index in [2.05, 4.69) is 15.3 Å². The molecule has 4 rings (SSSR count). The van der Waals surface area contributed by atoms with Crippen LogP contribution in [0.4, 0.5) is 9.52 Å². The van der Waals surface area contributed by atoms with Crippen LogP contribution in [0.1, 0.15) is 16.2 Å². The van der Waals surface area contributed by atoms with Gasteiger partial charge in [-0.1, -0.05) is 29.5 Å². The highest BCUT2D eigenvalue weighted by atomic mass is 32.1. The topological polar surface area (TPSA) is 94.3 Å². The second kappa shape index (κ2) is 7.80. The number of nitrogens with zero attached hydrogens (tertiary/aromatic N) is 2. The number of aromatic nitrogens is 2. The summed E-state index contributed by atoms with van der Waals surface area (Å²) in [6.45, 7) is 1.08. The van der Waals surface area contributed by atoms with Crippen molar-refractivity contribution in [3.8, 4) is 11.5 Å². The predicted molar refractivity (Wildman–Crippen MR) is 105 cm³/mol. The van der Waals surface area contributed by atoms with Crippen LogP contribution in [0.5, 0.6) is 0 Å². The highest BCUT2D eigenvalue weighted by Crippen LogP contribution is 2.26. The Morgan fingerprint density at radius 3 is 2.76 bits per heavy atom. The molecule has 0 saturated heterocycles. The lowest BCUT2D eigenvalue weighted by Gasteiger charge is -2.03. The van der Waals surface area contributed by atoms with Gasteiger partial charge in [0.05, 0.1) is 10.2 Å². The van der Waals surface area contributed by atoms with Crippen molar-refractivity contribution in [2.75, 3.05) is 11.9 Å². The lowest BCUT2D eigenvalue weighted by Crippen LogP contribution is -2.21. The first-order chi connectivity index (χ1) is 14.0. The highest BCUT2D eigenvalue weighted by Gasteiger charge is 2.20. The quantitative estimate of drug-likeness (QED) is 0.495. The molecule has 0 spiro atoms. The van der Waals surface area contributed by atoms with Crippen molar-refractivity contribution in [3.05, 3.63) is 65.8 Å². The average molecular weight is 411 g/mol. The van der Waals surface area contributed by atoms with Crippen molar-refractivity contribution in [1.82, 2.24) is 9.97 Å². The van der Waals surface area contributed by atoms with Crippen LogP contribution in [0.15, 0.2) is 52.9 Å². The zero-order valence-electron chi connectivity index (χ0n) is 15.1. The van der Waals surface area contributed by atoms with Crippen LogP contribution >= 0.6 is 11.3 Å². The van der Waals surface area contributed by atoms with E-state index in [1.165, 1.54) is 18.2 Å². The van der Waals surface area contributed by atoms with Gasteiger partial charge < -0.3 is 9.15 Å². The maximum absolute atomic E-state index is 13.2. The first-order valence-electron chi connectivity index (χ1n) is 8.55. The lowest BCUT2D eigenvalue weighted by molar-refractivity contribution is -0.119. The van der Waals surface area contributed by atoms with E-state index in [9.17, 15) is 14.0 Å². The molecule has 0 aliphatic carbocycles. The van der Waals surface area contributed by atoms with Gasteiger partial charge in [-0.05, 0) is 37.3 Å². The van der Waals surface area contributed by atoms with E-state index in [0.29, 0.717) is 21.9 Å². The molecular weight excluding hydrogens is 397 g/mol. The molecule has 0 bridgehead atoms. The standard InChI is InChI=1S/C20H14FN3O4S/c1-11-17(24-18(28-11)12-5-3-2-4-6-12)19(26)27-10-16(25)23-20-22-14-8-7-13(21)9-15(14)29-20/h2-9H,10H2,1H3,(H,22,23,25). The molecule has 0 aliphatic heterocycles. The van der Waals surface area contributed by atoms with E-state index in [1.54, 1.807) is 19.1 Å². The zero-order valence-corrected chi connectivity index (χ0v) is 16.0. The number of oxazole rings is 1. The molecule has 146 valence electrons. The van der Waals surface area contributed by atoms with Crippen LogP contribution in [-0.2, 0) is 9.53 Å². The van der Waals surface area contributed by atoms with Gasteiger partial charge in [0.1, 0.15) is 11.6 Å².